The molecule has 1 saturated carbocycles. The van der Waals surface area contributed by atoms with Crippen LogP contribution in [0.15, 0.2) is 18.2 Å². The molecule has 0 unspecified atom stereocenters. The predicted octanol–water partition coefficient (Wildman–Crippen LogP) is 4.65. The smallest absolute Gasteiger partial charge is 0.0435 e. The molecule has 1 aromatic rings. The van der Waals surface area contributed by atoms with Crippen LogP contribution in [-0.2, 0) is 0 Å². The van der Waals surface area contributed by atoms with Crippen molar-refractivity contribution in [1.82, 2.24) is 0 Å². The Labute approximate surface area is 115 Å². The van der Waals surface area contributed by atoms with Gasteiger partial charge in [0.15, 0.2) is 0 Å². The van der Waals surface area contributed by atoms with E-state index in [2.05, 4.69) is 12.1 Å². The Kier molecular flexibility index (Phi) is 5.78. The molecule has 1 aliphatic carbocycles. The summed E-state index contributed by atoms with van der Waals surface area (Å²) in [5, 5.41) is 0.833. The van der Waals surface area contributed by atoms with E-state index in [4.69, 9.17) is 17.3 Å². The zero-order valence-corrected chi connectivity index (χ0v) is 11.9. The van der Waals surface area contributed by atoms with Crippen LogP contribution in [0, 0.1) is 12.8 Å². The molecule has 0 amide bonds. The van der Waals surface area contributed by atoms with Gasteiger partial charge in [0.25, 0.3) is 0 Å². The van der Waals surface area contributed by atoms with Gasteiger partial charge in [0, 0.05) is 11.1 Å². The monoisotopic (exact) mass is 273 g/mol. The van der Waals surface area contributed by atoms with Crippen molar-refractivity contribution < 1.29 is 0 Å². The van der Waals surface area contributed by atoms with Crippen LogP contribution < -0.4 is 5.73 Å². The molecule has 0 bridgehead atoms. The summed E-state index contributed by atoms with van der Waals surface area (Å²) in [5.41, 5.74) is 8.72. The lowest BCUT2D eigenvalue weighted by Crippen LogP contribution is -2.23. The Morgan fingerprint density at radius 3 is 2.47 bits per heavy atom. The Morgan fingerprint density at radius 1 is 1.24 bits per heavy atom. The van der Waals surface area contributed by atoms with Crippen molar-refractivity contribution >= 4 is 24.0 Å². The van der Waals surface area contributed by atoms with Crippen LogP contribution in [0.25, 0.3) is 0 Å². The molecular weight excluding hydrogens is 253 g/mol. The van der Waals surface area contributed by atoms with Crippen LogP contribution in [0.1, 0.15) is 49.3 Å². The van der Waals surface area contributed by atoms with E-state index >= 15 is 0 Å². The van der Waals surface area contributed by atoms with Crippen molar-refractivity contribution in [2.45, 2.75) is 45.1 Å². The lowest BCUT2D eigenvalue weighted by Gasteiger charge is -2.28. The predicted molar refractivity (Wildman–Crippen MR) is 76.9 cm³/mol. The zero-order chi connectivity index (χ0) is 11.5. The van der Waals surface area contributed by atoms with Crippen molar-refractivity contribution in [3.05, 3.63) is 34.3 Å². The van der Waals surface area contributed by atoms with Crippen LogP contribution in [-0.4, -0.2) is 0 Å². The SMILES string of the molecule is Cc1cc([C@H](N)C2CCCCC2)ccc1Cl.Cl. The highest BCUT2D eigenvalue weighted by Crippen LogP contribution is 2.33. The fourth-order valence-electron chi connectivity index (χ4n) is 2.64. The summed E-state index contributed by atoms with van der Waals surface area (Å²) in [4.78, 5) is 0. The van der Waals surface area contributed by atoms with Crippen molar-refractivity contribution in [3.8, 4) is 0 Å². The summed E-state index contributed by atoms with van der Waals surface area (Å²) in [5.74, 6) is 0.661. The molecule has 0 saturated heterocycles. The number of benzene rings is 1. The molecule has 1 atom stereocenters. The molecule has 3 heteroatoms. The normalized spacial score (nSPS) is 18.5. The molecule has 1 fully saturated rings. The van der Waals surface area contributed by atoms with Gasteiger partial charge in [-0.3, -0.25) is 0 Å². The average Bonchev–Trinajstić information content (AvgIpc) is 2.33. The van der Waals surface area contributed by atoms with Gasteiger partial charge >= 0.3 is 0 Å². The van der Waals surface area contributed by atoms with Crippen molar-refractivity contribution in [2.75, 3.05) is 0 Å². The number of halogens is 2. The maximum atomic E-state index is 6.35. The topological polar surface area (TPSA) is 26.0 Å². The molecule has 1 nitrogen and oxygen atoms in total. The minimum absolute atomic E-state index is 0. The molecular formula is C14H21Cl2N. The first kappa shape index (κ1) is 14.8. The first-order valence-corrected chi connectivity index (χ1v) is 6.58. The number of nitrogens with two attached hydrogens (primary N) is 1. The van der Waals surface area contributed by atoms with Gasteiger partial charge in [-0.1, -0.05) is 43.0 Å². The van der Waals surface area contributed by atoms with Crippen molar-refractivity contribution in [2.24, 2.45) is 11.7 Å². The van der Waals surface area contributed by atoms with Gasteiger partial charge in [-0.2, -0.15) is 0 Å². The fourth-order valence-corrected chi connectivity index (χ4v) is 2.76. The lowest BCUT2D eigenvalue weighted by atomic mass is 9.81. The molecule has 17 heavy (non-hydrogen) atoms. The van der Waals surface area contributed by atoms with E-state index in [1.54, 1.807) is 0 Å². The van der Waals surface area contributed by atoms with E-state index in [-0.39, 0.29) is 18.4 Å². The Bertz CT molecular complexity index is 359. The molecule has 2 N–H and O–H groups in total. The molecule has 96 valence electrons. The molecule has 1 aliphatic rings. The maximum absolute atomic E-state index is 6.35. The summed E-state index contributed by atoms with van der Waals surface area (Å²) in [6, 6.07) is 6.38. The van der Waals surface area contributed by atoms with Crippen LogP contribution >= 0.6 is 24.0 Å². The summed E-state index contributed by atoms with van der Waals surface area (Å²) >= 11 is 6.03. The van der Waals surface area contributed by atoms with Crippen LogP contribution in [0.5, 0.6) is 0 Å². The highest BCUT2D eigenvalue weighted by molar-refractivity contribution is 6.31. The van der Waals surface area contributed by atoms with E-state index in [1.807, 2.05) is 13.0 Å². The number of aryl methyl sites for hydroxylation is 1. The molecule has 0 spiro atoms. The number of hydrogen-bond acceptors (Lipinski definition) is 1. The Balaban J connectivity index is 0.00000144. The highest BCUT2D eigenvalue weighted by atomic mass is 35.5. The first-order valence-electron chi connectivity index (χ1n) is 6.20. The summed E-state index contributed by atoms with van der Waals surface area (Å²) in [6.07, 6.45) is 6.62. The second-order valence-electron chi connectivity index (χ2n) is 4.93. The van der Waals surface area contributed by atoms with Crippen molar-refractivity contribution in [1.29, 1.82) is 0 Å². The van der Waals surface area contributed by atoms with Crippen LogP contribution in [0.2, 0.25) is 5.02 Å². The fraction of sp³-hybridized carbons (Fsp3) is 0.571. The third-order valence-electron chi connectivity index (χ3n) is 3.72. The minimum atomic E-state index is 0. The van der Waals surface area contributed by atoms with Crippen LogP contribution in [0.3, 0.4) is 0 Å². The van der Waals surface area contributed by atoms with Gasteiger partial charge in [-0.15, -0.1) is 12.4 Å². The maximum Gasteiger partial charge on any atom is 0.0435 e. The number of hydrogen-bond donors (Lipinski definition) is 1. The summed E-state index contributed by atoms with van der Waals surface area (Å²) in [7, 11) is 0. The van der Waals surface area contributed by atoms with E-state index in [9.17, 15) is 0 Å². The molecule has 0 aromatic heterocycles. The molecule has 1 aromatic carbocycles. The largest absolute Gasteiger partial charge is 0.324 e. The Hall–Kier alpha value is -0.240. The van der Waals surface area contributed by atoms with Gasteiger partial charge in [0.05, 0.1) is 0 Å². The van der Waals surface area contributed by atoms with E-state index in [0.29, 0.717) is 5.92 Å². The average molecular weight is 274 g/mol. The standard InChI is InChI=1S/C14H20ClN.ClH/c1-10-9-12(7-8-13(10)15)14(16)11-5-3-2-4-6-11;/h7-9,11,14H,2-6,16H2,1H3;1H/t14-;/m1./s1. The quantitative estimate of drug-likeness (QED) is 0.834. The van der Waals surface area contributed by atoms with Crippen LogP contribution in [0.4, 0.5) is 0 Å². The van der Waals surface area contributed by atoms with E-state index in [0.717, 1.165) is 10.6 Å². The van der Waals surface area contributed by atoms with E-state index in [1.165, 1.54) is 37.7 Å². The zero-order valence-electron chi connectivity index (χ0n) is 10.3. The van der Waals surface area contributed by atoms with E-state index < -0.39 is 0 Å². The number of rotatable bonds is 2. The third kappa shape index (κ3) is 3.61. The highest BCUT2D eigenvalue weighted by Gasteiger charge is 2.21. The summed E-state index contributed by atoms with van der Waals surface area (Å²) < 4.78 is 0. The lowest BCUT2D eigenvalue weighted by molar-refractivity contribution is 0.308. The Morgan fingerprint density at radius 2 is 1.88 bits per heavy atom. The molecule has 0 radical (unpaired) electrons. The van der Waals surface area contributed by atoms with Crippen molar-refractivity contribution in [3.63, 3.8) is 0 Å². The third-order valence-corrected chi connectivity index (χ3v) is 4.15. The van der Waals surface area contributed by atoms with Gasteiger partial charge in [0.1, 0.15) is 0 Å². The summed E-state index contributed by atoms with van der Waals surface area (Å²) in [6.45, 7) is 2.04. The second-order valence-corrected chi connectivity index (χ2v) is 5.34. The second kappa shape index (κ2) is 6.63. The van der Waals surface area contributed by atoms with Gasteiger partial charge in [-0.05, 0) is 42.9 Å². The molecule has 2 rings (SSSR count). The minimum Gasteiger partial charge on any atom is -0.324 e. The van der Waals surface area contributed by atoms with Gasteiger partial charge in [0.2, 0.25) is 0 Å². The first-order chi connectivity index (χ1) is 7.68. The van der Waals surface area contributed by atoms with Gasteiger partial charge < -0.3 is 5.73 Å². The molecule has 0 heterocycles. The molecule has 0 aliphatic heterocycles. The van der Waals surface area contributed by atoms with Gasteiger partial charge in [-0.25, -0.2) is 0 Å².